The summed E-state index contributed by atoms with van der Waals surface area (Å²) in [6, 6.07) is 1.57. The zero-order valence-corrected chi connectivity index (χ0v) is 13.8. The van der Waals surface area contributed by atoms with Crippen LogP contribution in [0.1, 0.15) is 52.9 Å². The van der Waals surface area contributed by atoms with Crippen LogP contribution in [-0.2, 0) is 9.59 Å². The van der Waals surface area contributed by atoms with Gasteiger partial charge in [0.05, 0.1) is 6.54 Å². The maximum Gasteiger partial charge on any atom is 0.245 e. The van der Waals surface area contributed by atoms with Crippen molar-refractivity contribution in [3.63, 3.8) is 0 Å². The lowest BCUT2D eigenvalue weighted by atomic mass is 10.1. The highest BCUT2D eigenvalue weighted by Gasteiger charge is 2.17. The molecule has 1 rings (SSSR count). The van der Waals surface area contributed by atoms with Gasteiger partial charge in [-0.15, -0.1) is 0 Å². The lowest BCUT2D eigenvalue weighted by molar-refractivity contribution is -0.135. The Bertz CT molecular complexity index is 443. The van der Waals surface area contributed by atoms with E-state index in [4.69, 9.17) is 0 Å². The molecule has 1 aromatic heterocycles. The third kappa shape index (κ3) is 7.24. The number of unbranched alkanes of at least 4 members (excludes halogenated alkanes) is 2. The highest BCUT2D eigenvalue weighted by atomic mass is 16.5. The van der Waals surface area contributed by atoms with Crippen LogP contribution in [0.15, 0.2) is 16.9 Å². The van der Waals surface area contributed by atoms with Gasteiger partial charge in [-0.25, -0.2) is 0 Å². The van der Waals surface area contributed by atoms with Crippen LogP contribution in [0.4, 0.5) is 5.82 Å². The standard InChI is InChI=1S/C16H27N3O3/c1-4-5-6-7-16(21)19(10-8-13(2)3)12-15(20)17-14-9-11-22-18-14/h9,11,13H,4-8,10,12H2,1-3H3,(H,17,18,20). The van der Waals surface area contributed by atoms with E-state index in [0.717, 1.165) is 25.7 Å². The zero-order valence-electron chi connectivity index (χ0n) is 13.8. The van der Waals surface area contributed by atoms with Gasteiger partial charge in [-0.2, -0.15) is 0 Å². The predicted molar refractivity (Wildman–Crippen MR) is 85.3 cm³/mol. The molecule has 1 heterocycles. The Kier molecular flexibility index (Phi) is 8.25. The summed E-state index contributed by atoms with van der Waals surface area (Å²) >= 11 is 0. The van der Waals surface area contributed by atoms with Crippen molar-refractivity contribution in [2.45, 2.75) is 52.9 Å². The van der Waals surface area contributed by atoms with Crippen molar-refractivity contribution < 1.29 is 14.1 Å². The zero-order chi connectivity index (χ0) is 16.4. The number of amides is 2. The third-order valence-electron chi connectivity index (χ3n) is 3.36. The van der Waals surface area contributed by atoms with E-state index >= 15 is 0 Å². The quantitative estimate of drug-likeness (QED) is 0.674. The summed E-state index contributed by atoms with van der Waals surface area (Å²) in [6.07, 6.45) is 5.77. The lowest BCUT2D eigenvalue weighted by Gasteiger charge is -2.23. The second kappa shape index (κ2) is 9.97. The van der Waals surface area contributed by atoms with Crippen molar-refractivity contribution >= 4 is 17.6 Å². The molecule has 124 valence electrons. The predicted octanol–water partition coefficient (Wildman–Crippen LogP) is 3.07. The monoisotopic (exact) mass is 309 g/mol. The Labute approximate surface area is 132 Å². The highest BCUT2D eigenvalue weighted by molar-refractivity contribution is 5.93. The highest BCUT2D eigenvalue weighted by Crippen LogP contribution is 2.08. The second-order valence-electron chi connectivity index (χ2n) is 5.89. The number of carbonyl (C=O) groups excluding carboxylic acids is 2. The minimum Gasteiger partial charge on any atom is -0.363 e. The first-order valence-electron chi connectivity index (χ1n) is 8.01. The van der Waals surface area contributed by atoms with E-state index in [1.54, 1.807) is 11.0 Å². The molecule has 2 amide bonds. The van der Waals surface area contributed by atoms with Gasteiger partial charge in [0.25, 0.3) is 0 Å². The summed E-state index contributed by atoms with van der Waals surface area (Å²) in [4.78, 5) is 25.9. The van der Waals surface area contributed by atoms with Crippen molar-refractivity contribution in [2.24, 2.45) is 5.92 Å². The first-order chi connectivity index (χ1) is 10.5. The third-order valence-corrected chi connectivity index (χ3v) is 3.36. The molecule has 0 aliphatic rings. The van der Waals surface area contributed by atoms with Gasteiger partial charge in [-0.1, -0.05) is 38.8 Å². The normalized spacial score (nSPS) is 10.7. The summed E-state index contributed by atoms with van der Waals surface area (Å²) in [5, 5.41) is 6.26. The number of nitrogens with zero attached hydrogens (tertiary/aromatic N) is 2. The van der Waals surface area contributed by atoms with Crippen LogP contribution in [-0.4, -0.2) is 35.0 Å². The van der Waals surface area contributed by atoms with E-state index in [1.807, 2.05) is 0 Å². The molecular formula is C16H27N3O3. The average molecular weight is 309 g/mol. The lowest BCUT2D eigenvalue weighted by Crippen LogP contribution is -2.39. The summed E-state index contributed by atoms with van der Waals surface area (Å²) in [6.45, 7) is 6.98. The van der Waals surface area contributed by atoms with Gasteiger partial charge >= 0.3 is 0 Å². The smallest absolute Gasteiger partial charge is 0.245 e. The van der Waals surface area contributed by atoms with Gasteiger partial charge in [0.2, 0.25) is 11.8 Å². The first kappa shape index (κ1) is 18.2. The Hall–Kier alpha value is -1.85. The fourth-order valence-electron chi connectivity index (χ4n) is 2.02. The van der Waals surface area contributed by atoms with Gasteiger partial charge in [0.15, 0.2) is 5.82 Å². The number of aromatic nitrogens is 1. The van der Waals surface area contributed by atoms with Crippen molar-refractivity contribution in [3.8, 4) is 0 Å². The summed E-state index contributed by atoms with van der Waals surface area (Å²) < 4.78 is 4.67. The van der Waals surface area contributed by atoms with Gasteiger partial charge in [0, 0.05) is 19.0 Å². The Morgan fingerprint density at radius 3 is 2.73 bits per heavy atom. The maximum absolute atomic E-state index is 12.3. The number of nitrogens with one attached hydrogen (secondary N) is 1. The SMILES string of the molecule is CCCCCC(=O)N(CCC(C)C)CC(=O)Nc1ccon1. The van der Waals surface area contributed by atoms with Crippen molar-refractivity contribution in [2.75, 3.05) is 18.4 Å². The molecule has 22 heavy (non-hydrogen) atoms. The maximum atomic E-state index is 12.3. The van der Waals surface area contributed by atoms with Crippen LogP contribution in [0.25, 0.3) is 0 Å². The Balaban J connectivity index is 2.52. The van der Waals surface area contributed by atoms with Crippen molar-refractivity contribution in [1.82, 2.24) is 10.1 Å². The molecule has 0 aromatic carbocycles. The van der Waals surface area contributed by atoms with E-state index in [9.17, 15) is 9.59 Å². The number of hydrogen-bond donors (Lipinski definition) is 1. The second-order valence-corrected chi connectivity index (χ2v) is 5.89. The molecule has 0 saturated carbocycles. The fraction of sp³-hybridized carbons (Fsp3) is 0.688. The number of hydrogen-bond acceptors (Lipinski definition) is 4. The Morgan fingerprint density at radius 1 is 1.36 bits per heavy atom. The molecule has 1 aromatic rings. The Morgan fingerprint density at radius 2 is 2.14 bits per heavy atom. The molecular weight excluding hydrogens is 282 g/mol. The van der Waals surface area contributed by atoms with Crippen molar-refractivity contribution in [1.29, 1.82) is 0 Å². The van der Waals surface area contributed by atoms with Crippen LogP contribution < -0.4 is 5.32 Å². The molecule has 0 atom stereocenters. The topological polar surface area (TPSA) is 75.4 Å². The van der Waals surface area contributed by atoms with Crippen LogP contribution in [0, 0.1) is 5.92 Å². The molecule has 0 saturated heterocycles. The van der Waals surface area contributed by atoms with Gasteiger partial charge in [-0.3, -0.25) is 9.59 Å². The van der Waals surface area contributed by atoms with E-state index in [0.29, 0.717) is 24.7 Å². The average Bonchev–Trinajstić information content (AvgIpc) is 2.96. The summed E-state index contributed by atoms with van der Waals surface area (Å²) in [7, 11) is 0. The molecule has 6 heteroatoms. The molecule has 1 N–H and O–H groups in total. The molecule has 0 unspecified atom stereocenters. The summed E-state index contributed by atoms with van der Waals surface area (Å²) in [5.74, 6) is 0.655. The van der Waals surface area contributed by atoms with E-state index in [-0.39, 0.29) is 18.4 Å². The number of carbonyl (C=O) groups is 2. The van der Waals surface area contributed by atoms with Crippen LogP contribution in [0.2, 0.25) is 0 Å². The number of anilines is 1. The molecule has 0 aliphatic heterocycles. The molecule has 6 nitrogen and oxygen atoms in total. The molecule has 0 spiro atoms. The van der Waals surface area contributed by atoms with Crippen LogP contribution in [0.5, 0.6) is 0 Å². The number of rotatable bonds is 10. The van der Waals surface area contributed by atoms with Crippen LogP contribution >= 0.6 is 0 Å². The largest absolute Gasteiger partial charge is 0.363 e. The minimum absolute atomic E-state index is 0.0457. The molecule has 0 radical (unpaired) electrons. The van der Waals surface area contributed by atoms with Gasteiger partial charge in [0.1, 0.15) is 6.26 Å². The van der Waals surface area contributed by atoms with Gasteiger partial charge in [-0.05, 0) is 18.8 Å². The molecule has 0 bridgehead atoms. The van der Waals surface area contributed by atoms with E-state index in [1.165, 1.54) is 6.26 Å². The molecule has 0 aliphatic carbocycles. The summed E-state index contributed by atoms with van der Waals surface area (Å²) in [5.41, 5.74) is 0. The minimum atomic E-state index is -0.249. The van der Waals surface area contributed by atoms with Crippen LogP contribution in [0.3, 0.4) is 0 Å². The van der Waals surface area contributed by atoms with Gasteiger partial charge < -0.3 is 14.7 Å². The first-order valence-corrected chi connectivity index (χ1v) is 8.01. The van der Waals surface area contributed by atoms with Crippen molar-refractivity contribution in [3.05, 3.63) is 12.3 Å². The molecule has 0 fully saturated rings. The van der Waals surface area contributed by atoms with E-state index in [2.05, 4.69) is 35.8 Å². The fourth-order valence-corrected chi connectivity index (χ4v) is 2.02. The van der Waals surface area contributed by atoms with E-state index < -0.39 is 0 Å².